The molecule has 0 aliphatic carbocycles. The van der Waals surface area contributed by atoms with Crippen LogP contribution in [0.4, 0.5) is 0 Å². The molecule has 0 heterocycles. The smallest absolute Gasteiger partial charge is 0.0471 e. The van der Waals surface area contributed by atoms with Crippen molar-refractivity contribution >= 4 is 10.8 Å². The molecule has 0 radical (unpaired) electrons. The Morgan fingerprint density at radius 2 is 2.31 bits per heavy atom. The summed E-state index contributed by atoms with van der Waals surface area (Å²) >= 11 is 0. The first-order valence-electron chi connectivity index (χ1n) is 4.41. The van der Waals surface area contributed by atoms with Crippen molar-refractivity contribution in [2.75, 3.05) is 31.8 Å². The van der Waals surface area contributed by atoms with Gasteiger partial charge in [0.15, 0.2) is 0 Å². The maximum atomic E-state index is 11.3. The predicted molar refractivity (Wildman–Crippen MR) is 54.0 cm³/mol. The topological polar surface area (TPSA) is 72.5 Å². The molecule has 5 heteroatoms. The molecule has 0 amide bonds. The Morgan fingerprint density at radius 1 is 1.62 bits per heavy atom. The second-order valence-electron chi connectivity index (χ2n) is 2.93. The van der Waals surface area contributed by atoms with E-state index in [0.717, 1.165) is 6.42 Å². The van der Waals surface area contributed by atoms with Crippen molar-refractivity contribution in [2.24, 2.45) is 5.73 Å². The van der Waals surface area contributed by atoms with E-state index in [9.17, 15) is 4.21 Å². The van der Waals surface area contributed by atoms with Gasteiger partial charge in [-0.15, -0.1) is 0 Å². The molecule has 0 aromatic heterocycles. The highest BCUT2D eigenvalue weighted by atomic mass is 32.2. The van der Waals surface area contributed by atoms with Crippen molar-refractivity contribution in [3.63, 3.8) is 0 Å². The van der Waals surface area contributed by atoms with E-state index in [1.807, 2.05) is 0 Å². The zero-order chi connectivity index (χ0) is 10.1. The summed E-state index contributed by atoms with van der Waals surface area (Å²) in [7, 11) is 0.756. The number of hydrogen-bond donors (Lipinski definition) is 2. The summed E-state index contributed by atoms with van der Waals surface area (Å²) in [6, 6.07) is -0.145. The fraction of sp³-hybridized carbons (Fsp3) is 1.00. The van der Waals surface area contributed by atoms with Gasteiger partial charge in [-0.25, -0.2) is 0 Å². The minimum atomic E-state index is -0.869. The molecular formula is C8H19NO3S. The molecule has 0 bridgehead atoms. The lowest BCUT2D eigenvalue weighted by atomic mass is 10.3. The van der Waals surface area contributed by atoms with Gasteiger partial charge in [-0.2, -0.15) is 0 Å². The number of ether oxygens (including phenoxy) is 1. The Bertz CT molecular complexity index is 143. The Kier molecular flexibility index (Phi) is 8.64. The van der Waals surface area contributed by atoms with Crippen LogP contribution >= 0.6 is 0 Å². The summed E-state index contributed by atoms with van der Waals surface area (Å²) in [4.78, 5) is 0. The minimum Gasteiger partial charge on any atom is -0.396 e. The molecule has 0 fully saturated rings. The number of methoxy groups -OCH3 is 1. The van der Waals surface area contributed by atoms with Gasteiger partial charge in [0.2, 0.25) is 0 Å². The Balaban J connectivity index is 3.38. The predicted octanol–water partition coefficient (Wildman–Crippen LogP) is -0.519. The van der Waals surface area contributed by atoms with Crippen molar-refractivity contribution in [1.82, 2.24) is 0 Å². The quantitative estimate of drug-likeness (QED) is 0.528. The number of hydrogen-bond acceptors (Lipinski definition) is 4. The van der Waals surface area contributed by atoms with Gasteiger partial charge in [-0.05, 0) is 12.8 Å². The van der Waals surface area contributed by atoms with Crippen molar-refractivity contribution in [3.05, 3.63) is 0 Å². The lowest BCUT2D eigenvalue weighted by Gasteiger charge is -2.08. The molecule has 3 N–H and O–H groups in total. The van der Waals surface area contributed by atoms with Gasteiger partial charge < -0.3 is 15.6 Å². The Morgan fingerprint density at radius 3 is 2.85 bits per heavy atom. The molecular weight excluding hydrogens is 190 g/mol. The van der Waals surface area contributed by atoms with Gasteiger partial charge in [0, 0.05) is 48.7 Å². The number of rotatable bonds is 8. The monoisotopic (exact) mass is 209 g/mol. The third-order valence-corrected chi connectivity index (χ3v) is 3.16. The second kappa shape index (κ2) is 8.62. The minimum absolute atomic E-state index is 0.0659. The molecule has 2 atom stereocenters. The molecule has 80 valence electrons. The molecule has 0 rings (SSSR count). The van der Waals surface area contributed by atoms with Gasteiger partial charge >= 0.3 is 0 Å². The molecule has 0 aliphatic rings. The van der Waals surface area contributed by atoms with Crippen LogP contribution in [0.1, 0.15) is 12.8 Å². The first-order valence-corrected chi connectivity index (χ1v) is 5.90. The fourth-order valence-corrected chi connectivity index (χ4v) is 2.19. The van der Waals surface area contributed by atoms with Gasteiger partial charge in [-0.3, -0.25) is 4.21 Å². The van der Waals surface area contributed by atoms with E-state index < -0.39 is 10.8 Å². The van der Waals surface area contributed by atoms with E-state index in [-0.39, 0.29) is 12.6 Å². The van der Waals surface area contributed by atoms with Crippen molar-refractivity contribution < 1.29 is 14.1 Å². The van der Waals surface area contributed by atoms with E-state index in [0.29, 0.717) is 24.5 Å². The van der Waals surface area contributed by atoms with Crippen LogP contribution in [0.3, 0.4) is 0 Å². The summed E-state index contributed by atoms with van der Waals surface area (Å²) in [6.07, 6.45) is 1.32. The van der Waals surface area contributed by atoms with Crippen molar-refractivity contribution in [2.45, 2.75) is 18.9 Å². The number of nitrogens with two attached hydrogens (primary N) is 1. The standard InChI is InChI=1S/C8H19NO3S/c1-12-5-2-6-13(11)7-8(9)3-4-10/h8,10H,2-7,9H2,1H3. The highest BCUT2D eigenvalue weighted by Gasteiger charge is 2.06. The average Bonchev–Trinajstić information content (AvgIpc) is 2.05. The van der Waals surface area contributed by atoms with Crippen LogP contribution in [0.2, 0.25) is 0 Å². The van der Waals surface area contributed by atoms with Crippen LogP contribution in [-0.4, -0.2) is 47.2 Å². The Labute approximate surface area is 81.9 Å². The maximum absolute atomic E-state index is 11.3. The van der Waals surface area contributed by atoms with Crippen molar-refractivity contribution in [3.8, 4) is 0 Å². The molecule has 0 saturated heterocycles. The van der Waals surface area contributed by atoms with Gasteiger partial charge in [0.25, 0.3) is 0 Å². The number of aliphatic hydroxyl groups is 1. The highest BCUT2D eigenvalue weighted by Crippen LogP contribution is 1.94. The van der Waals surface area contributed by atoms with Gasteiger partial charge in [0.05, 0.1) is 0 Å². The molecule has 4 nitrogen and oxygen atoms in total. The molecule has 0 aromatic carbocycles. The third-order valence-electron chi connectivity index (χ3n) is 1.62. The number of aliphatic hydroxyl groups excluding tert-OH is 1. The van der Waals surface area contributed by atoms with E-state index in [4.69, 9.17) is 15.6 Å². The third kappa shape index (κ3) is 8.36. The van der Waals surface area contributed by atoms with Gasteiger partial charge in [-0.1, -0.05) is 0 Å². The molecule has 13 heavy (non-hydrogen) atoms. The Hall–Kier alpha value is 0.0300. The maximum Gasteiger partial charge on any atom is 0.0471 e. The van der Waals surface area contributed by atoms with E-state index in [2.05, 4.69) is 0 Å². The summed E-state index contributed by atoms with van der Waals surface area (Å²) in [6.45, 7) is 0.706. The van der Waals surface area contributed by atoms with E-state index >= 15 is 0 Å². The molecule has 0 aromatic rings. The van der Waals surface area contributed by atoms with E-state index in [1.54, 1.807) is 7.11 Å². The molecule has 2 unspecified atom stereocenters. The normalized spacial score (nSPS) is 15.6. The first kappa shape index (κ1) is 13.0. The lowest BCUT2D eigenvalue weighted by molar-refractivity contribution is 0.200. The summed E-state index contributed by atoms with van der Waals surface area (Å²) in [5.74, 6) is 1.11. The van der Waals surface area contributed by atoms with Crippen LogP contribution in [0, 0.1) is 0 Å². The highest BCUT2D eigenvalue weighted by molar-refractivity contribution is 7.85. The molecule has 0 spiro atoms. The molecule has 0 aliphatic heterocycles. The van der Waals surface area contributed by atoms with Gasteiger partial charge in [0.1, 0.15) is 0 Å². The lowest BCUT2D eigenvalue weighted by Crippen LogP contribution is -2.29. The fourth-order valence-electron chi connectivity index (χ4n) is 0.936. The second-order valence-corrected chi connectivity index (χ2v) is 4.55. The van der Waals surface area contributed by atoms with Crippen molar-refractivity contribution in [1.29, 1.82) is 0 Å². The SMILES string of the molecule is COCCCS(=O)CC(N)CCO. The van der Waals surface area contributed by atoms with Crippen LogP contribution in [0.15, 0.2) is 0 Å². The van der Waals surface area contributed by atoms with Crippen LogP contribution in [0.25, 0.3) is 0 Å². The summed E-state index contributed by atoms with van der Waals surface area (Å²) in [5, 5.41) is 8.56. The largest absolute Gasteiger partial charge is 0.396 e. The van der Waals surface area contributed by atoms with Crippen LogP contribution in [0.5, 0.6) is 0 Å². The first-order chi connectivity index (χ1) is 6.20. The van der Waals surface area contributed by atoms with Crippen LogP contribution in [-0.2, 0) is 15.5 Å². The van der Waals surface area contributed by atoms with Crippen LogP contribution < -0.4 is 5.73 Å². The zero-order valence-electron chi connectivity index (χ0n) is 8.07. The zero-order valence-corrected chi connectivity index (χ0v) is 8.89. The average molecular weight is 209 g/mol. The molecule has 0 saturated carbocycles. The van der Waals surface area contributed by atoms with E-state index in [1.165, 1.54) is 0 Å². The summed E-state index contributed by atoms with van der Waals surface area (Å²) in [5.41, 5.74) is 5.61. The summed E-state index contributed by atoms with van der Waals surface area (Å²) < 4.78 is 16.1.